The van der Waals surface area contributed by atoms with E-state index in [2.05, 4.69) is 5.32 Å². The van der Waals surface area contributed by atoms with E-state index in [0.717, 1.165) is 17.0 Å². The maximum atomic E-state index is 14.4. The van der Waals surface area contributed by atoms with Gasteiger partial charge >= 0.3 is 0 Å². The van der Waals surface area contributed by atoms with Crippen molar-refractivity contribution in [3.63, 3.8) is 0 Å². The zero-order valence-corrected chi connectivity index (χ0v) is 19.7. The molecule has 0 bridgehead atoms. The third-order valence-corrected chi connectivity index (χ3v) is 5.88. The minimum Gasteiger partial charge on any atom is -0.326 e. The highest BCUT2D eigenvalue weighted by atomic mass is 35.5. The normalized spacial score (nSPS) is 15.4. The number of nitrogens with zero attached hydrogens (tertiary/aromatic N) is 2. The van der Waals surface area contributed by atoms with Gasteiger partial charge in [-0.2, -0.15) is 0 Å². The average molecular weight is 559 g/mol. The number of thiocarbonyl (C=S) groups is 1. The van der Waals surface area contributed by atoms with E-state index < -0.39 is 70.0 Å². The van der Waals surface area contributed by atoms with Gasteiger partial charge in [0, 0.05) is 10.7 Å². The fraction of sp³-hybridized carbons (Fsp3) is 0.0870. The highest BCUT2D eigenvalue weighted by Gasteiger charge is 2.45. The predicted molar refractivity (Wildman–Crippen MR) is 127 cm³/mol. The molecule has 1 heterocycles. The molecular weight excluding hydrogens is 546 g/mol. The SMILES string of the molecule is O=C(CC1C(=O)N(c2ccc(F)cc2)C(=S)N1Nc1c(F)c(F)c(F)c(F)c1F)Nc1ccc(Cl)cc1. The van der Waals surface area contributed by atoms with Gasteiger partial charge in [-0.15, -0.1) is 0 Å². The molecule has 2 amide bonds. The third-order valence-electron chi connectivity index (χ3n) is 5.25. The van der Waals surface area contributed by atoms with Crippen LogP contribution in [0.2, 0.25) is 5.02 Å². The molecule has 0 spiro atoms. The van der Waals surface area contributed by atoms with Gasteiger partial charge in [-0.05, 0) is 60.7 Å². The number of nitrogens with one attached hydrogen (secondary N) is 2. The van der Waals surface area contributed by atoms with Crippen molar-refractivity contribution >= 4 is 57.8 Å². The molecule has 192 valence electrons. The first-order valence-electron chi connectivity index (χ1n) is 10.3. The maximum Gasteiger partial charge on any atom is 0.258 e. The van der Waals surface area contributed by atoms with Crippen LogP contribution in [0.4, 0.5) is 43.4 Å². The van der Waals surface area contributed by atoms with Gasteiger partial charge in [-0.25, -0.2) is 31.4 Å². The molecular formula is C23H13ClF6N4O2S. The number of anilines is 3. The molecule has 0 saturated carbocycles. The summed E-state index contributed by atoms with van der Waals surface area (Å²) in [5.41, 5.74) is 0.807. The fourth-order valence-electron chi connectivity index (χ4n) is 3.47. The Morgan fingerprint density at radius 1 is 0.865 bits per heavy atom. The standard InChI is InChI=1S/C23H13ClF6N4O2S/c24-10-1-5-12(6-2-10)31-15(35)9-14-22(36)33(13-7-3-11(25)4-8-13)23(37)34(14)32-21-19(29)17(27)16(26)18(28)20(21)30/h1-8,14,32H,9H2,(H,31,35). The Bertz CT molecular complexity index is 1380. The zero-order chi connectivity index (χ0) is 27.0. The van der Waals surface area contributed by atoms with E-state index in [1.165, 1.54) is 36.4 Å². The van der Waals surface area contributed by atoms with Gasteiger partial charge < -0.3 is 5.32 Å². The summed E-state index contributed by atoms with van der Waals surface area (Å²) in [5.74, 6) is -13.6. The fourth-order valence-corrected chi connectivity index (χ4v) is 3.97. The molecule has 1 fully saturated rings. The Kier molecular flexibility index (Phi) is 7.28. The highest BCUT2D eigenvalue weighted by molar-refractivity contribution is 7.80. The predicted octanol–water partition coefficient (Wildman–Crippen LogP) is 5.53. The number of halogens is 7. The van der Waals surface area contributed by atoms with Crippen molar-refractivity contribution in [2.45, 2.75) is 12.5 Å². The minimum atomic E-state index is -2.38. The third kappa shape index (κ3) is 5.04. The highest BCUT2D eigenvalue weighted by Crippen LogP contribution is 2.32. The van der Waals surface area contributed by atoms with Crippen LogP contribution in [-0.2, 0) is 9.59 Å². The quantitative estimate of drug-likeness (QED) is 0.180. The molecule has 1 atom stereocenters. The number of hydrogen-bond donors (Lipinski definition) is 2. The van der Waals surface area contributed by atoms with E-state index >= 15 is 0 Å². The number of rotatable bonds is 6. The van der Waals surface area contributed by atoms with E-state index in [0.29, 0.717) is 15.7 Å². The number of carbonyl (C=O) groups excluding carboxylic acids is 2. The van der Waals surface area contributed by atoms with Crippen LogP contribution in [0.5, 0.6) is 0 Å². The minimum absolute atomic E-state index is 0.0289. The van der Waals surface area contributed by atoms with Gasteiger partial charge in [0.2, 0.25) is 16.8 Å². The summed E-state index contributed by atoms with van der Waals surface area (Å²) in [7, 11) is 0. The van der Waals surface area contributed by atoms with Crippen molar-refractivity contribution in [3.05, 3.63) is 88.5 Å². The Morgan fingerprint density at radius 2 is 1.41 bits per heavy atom. The second kappa shape index (κ2) is 10.3. The summed E-state index contributed by atoms with van der Waals surface area (Å²) in [5, 5.41) is 3.01. The van der Waals surface area contributed by atoms with E-state index in [4.69, 9.17) is 23.8 Å². The molecule has 1 aliphatic rings. The first kappa shape index (κ1) is 26.2. The van der Waals surface area contributed by atoms with Crippen LogP contribution in [0.25, 0.3) is 0 Å². The molecule has 0 aliphatic carbocycles. The Labute approximate surface area is 215 Å². The van der Waals surface area contributed by atoms with Crippen LogP contribution >= 0.6 is 23.8 Å². The van der Waals surface area contributed by atoms with E-state index in [9.17, 15) is 35.9 Å². The second-order valence-corrected chi connectivity index (χ2v) is 8.44. The molecule has 1 unspecified atom stereocenters. The molecule has 4 rings (SSSR count). The molecule has 6 nitrogen and oxygen atoms in total. The first-order valence-corrected chi connectivity index (χ1v) is 11.0. The van der Waals surface area contributed by atoms with E-state index in [1.54, 1.807) is 0 Å². The van der Waals surface area contributed by atoms with E-state index in [1.807, 2.05) is 5.43 Å². The summed E-state index contributed by atoms with van der Waals surface area (Å²) in [4.78, 5) is 26.8. The van der Waals surface area contributed by atoms with Crippen LogP contribution in [0.3, 0.4) is 0 Å². The largest absolute Gasteiger partial charge is 0.326 e. The van der Waals surface area contributed by atoms with Crippen molar-refractivity contribution < 1.29 is 35.9 Å². The second-order valence-electron chi connectivity index (χ2n) is 7.63. The number of hydrazine groups is 1. The average Bonchev–Trinajstić information content (AvgIpc) is 3.09. The van der Waals surface area contributed by atoms with Crippen LogP contribution in [0.1, 0.15) is 6.42 Å². The molecule has 3 aromatic carbocycles. The maximum absolute atomic E-state index is 14.4. The number of benzene rings is 3. The molecule has 3 aromatic rings. The van der Waals surface area contributed by atoms with Crippen LogP contribution < -0.4 is 15.6 Å². The molecule has 37 heavy (non-hydrogen) atoms. The summed E-state index contributed by atoms with van der Waals surface area (Å²) in [6.07, 6.45) is -0.665. The van der Waals surface area contributed by atoms with Gasteiger partial charge in [-0.1, -0.05) is 11.6 Å². The summed E-state index contributed by atoms with van der Waals surface area (Å²) in [6.45, 7) is 0. The first-order chi connectivity index (χ1) is 17.5. The van der Waals surface area contributed by atoms with E-state index in [-0.39, 0.29) is 5.69 Å². The van der Waals surface area contributed by atoms with Crippen molar-refractivity contribution in [3.8, 4) is 0 Å². The summed E-state index contributed by atoms with van der Waals surface area (Å²) < 4.78 is 83.2. The summed E-state index contributed by atoms with van der Waals surface area (Å²) in [6, 6.07) is 8.67. The topological polar surface area (TPSA) is 64.7 Å². The molecule has 2 N–H and O–H groups in total. The van der Waals surface area contributed by atoms with Gasteiger partial charge in [0.1, 0.15) is 17.5 Å². The lowest BCUT2D eigenvalue weighted by Crippen LogP contribution is -2.42. The Balaban J connectivity index is 1.70. The molecule has 14 heteroatoms. The summed E-state index contributed by atoms with van der Waals surface area (Å²) >= 11 is 11.0. The van der Waals surface area contributed by atoms with Crippen molar-refractivity contribution in [1.29, 1.82) is 0 Å². The Morgan fingerprint density at radius 3 is 1.97 bits per heavy atom. The monoisotopic (exact) mass is 558 g/mol. The van der Waals surface area contributed by atoms with Crippen LogP contribution in [0, 0.1) is 34.9 Å². The van der Waals surface area contributed by atoms with Crippen molar-refractivity contribution in [2.24, 2.45) is 0 Å². The van der Waals surface area contributed by atoms with Crippen molar-refractivity contribution in [2.75, 3.05) is 15.6 Å². The number of carbonyl (C=O) groups is 2. The number of amides is 2. The molecule has 0 aromatic heterocycles. The molecule has 1 saturated heterocycles. The van der Waals surface area contributed by atoms with Crippen LogP contribution in [0.15, 0.2) is 48.5 Å². The molecule has 0 radical (unpaired) electrons. The van der Waals surface area contributed by atoms with Gasteiger partial charge in [0.15, 0.2) is 23.3 Å². The lowest BCUT2D eigenvalue weighted by molar-refractivity contribution is -0.124. The van der Waals surface area contributed by atoms with Gasteiger partial charge in [0.05, 0.1) is 12.1 Å². The smallest absolute Gasteiger partial charge is 0.258 e. The zero-order valence-electron chi connectivity index (χ0n) is 18.2. The van der Waals surface area contributed by atoms with Gasteiger partial charge in [-0.3, -0.25) is 19.9 Å². The Hall–Kier alpha value is -3.84. The lowest BCUT2D eigenvalue weighted by Gasteiger charge is -2.26. The molecule has 1 aliphatic heterocycles. The lowest BCUT2D eigenvalue weighted by atomic mass is 10.1. The van der Waals surface area contributed by atoms with Gasteiger partial charge in [0.25, 0.3) is 5.91 Å². The number of hydrogen-bond acceptors (Lipinski definition) is 4. The van der Waals surface area contributed by atoms with Crippen molar-refractivity contribution in [1.82, 2.24) is 5.01 Å². The van der Waals surface area contributed by atoms with Crippen LogP contribution in [-0.4, -0.2) is 28.0 Å².